The first kappa shape index (κ1) is 14.8. The quantitative estimate of drug-likeness (QED) is 0.727. The Labute approximate surface area is 141 Å². The van der Waals surface area contributed by atoms with Gasteiger partial charge in [0, 0.05) is 62.6 Å². The molecule has 0 aliphatic heterocycles. The molecule has 2 aromatic heterocycles. The third kappa shape index (κ3) is 2.94. The number of hydrogen-bond acceptors (Lipinski definition) is 4. The van der Waals surface area contributed by atoms with Crippen LogP contribution < -0.4 is 5.73 Å². The zero-order chi connectivity index (χ0) is 13.2. The van der Waals surface area contributed by atoms with Gasteiger partial charge < -0.3 is 16.6 Å². The predicted molar refractivity (Wildman–Crippen MR) is 75.0 cm³/mol. The minimum absolute atomic E-state index is 0. The molecule has 3 aromatic rings. The average molecular weight is 339 g/mol. The fraction of sp³-hybridized carbons (Fsp3) is 0.0714. The van der Waals surface area contributed by atoms with E-state index in [1.807, 2.05) is 24.3 Å². The molecule has 97 valence electrons. The Morgan fingerprint density at radius 1 is 1.00 bits per heavy atom. The standard InChI is InChI=1S/C14H12N5.Y/c15-10-1-2-11-12(8-10)14(16)19-18-13(11)7-9-3-5-17-6-4-9;/h1-6,8H,7,15H2,(H-,16,19);/q-1;. The molecule has 1 aromatic carbocycles. The molecule has 0 amide bonds. The summed E-state index contributed by atoms with van der Waals surface area (Å²) >= 11 is 0. The summed E-state index contributed by atoms with van der Waals surface area (Å²) < 4.78 is 0. The largest absolute Gasteiger partial charge is 0.480 e. The summed E-state index contributed by atoms with van der Waals surface area (Å²) in [4.78, 5) is 3.99. The van der Waals surface area contributed by atoms with Crippen molar-refractivity contribution in [1.82, 2.24) is 15.2 Å². The van der Waals surface area contributed by atoms with Gasteiger partial charge in [-0.05, 0) is 41.0 Å². The van der Waals surface area contributed by atoms with E-state index in [1.54, 1.807) is 18.5 Å². The van der Waals surface area contributed by atoms with E-state index in [2.05, 4.69) is 15.2 Å². The molecule has 20 heavy (non-hydrogen) atoms. The first-order valence-electron chi connectivity index (χ1n) is 5.89. The number of nitrogens with zero attached hydrogens (tertiary/aromatic N) is 3. The Hall–Kier alpha value is -1.59. The molecule has 0 aliphatic carbocycles. The molecule has 0 fully saturated rings. The summed E-state index contributed by atoms with van der Waals surface area (Å²) in [6, 6.07) is 9.37. The van der Waals surface area contributed by atoms with Gasteiger partial charge in [-0.25, -0.2) is 0 Å². The van der Waals surface area contributed by atoms with Gasteiger partial charge in [0.2, 0.25) is 0 Å². The Balaban J connectivity index is 0.00000147. The third-order valence-corrected chi connectivity index (χ3v) is 3.00. The van der Waals surface area contributed by atoms with E-state index in [9.17, 15) is 0 Å². The number of anilines is 1. The summed E-state index contributed by atoms with van der Waals surface area (Å²) in [7, 11) is 0. The van der Waals surface area contributed by atoms with E-state index in [4.69, 9.17) is 11.5 Å². The van der Waals surface area contributed by atoms with Crippen LogP contribution in [0, 0.1) is 0 Å². The number of pyridine rings is 1. The molecule has 6 heteroatoms. The number of aromatic nitrogens is 3. The van der Waals surface area contributed by atoms with Crippen LogP contribution in [0.2, 0.25) is 0 Å². The molecular weight excluding hydrogens is 327 g/mol. The summed E-state index contributed by atoms with van der Waals surface area (Å²) in [5.74, 6) is 0.153. The van der Waals surface area contributed by atoms with E-state index in [1.165, 1.54) is 0 Å². The van der Waals surface area contributed by atoms with Crippen molar-refractivity contribution < 1.29 is 32.7 Å². The van der Waals surface area contributed by atoms with Crippen LogP contribution in [-0.4, -0.2) is 15.2 Å². The van der Waals surface area contributed by atoms with Crippen LogP contribution in [-0.2, 0) is 39.1 Å². The predicted octanol–water partition coefficient (Wildman–Crippen LogP) is 2.88. The molecule has 0 unspecified atom stereocenters. The fourth-order valence-electron chi connectivity index (χ4n) is 2.05. The summed E-state index contributed by atoms with van der Waals surface area (Å²) in [6.07, 6.45) is 4.17. The molecule has 0 aliphatic rings. The van der Waals surface area contributed by atoms with Crippen molar-refractivity contribution in [2.45, 2.75) is 6.42 Å². The maximum Gasteiger partial charge on any atom is 0.0517 e. The van der Waals surface area contributed by atoms with E-state index < -0.39 is 0 Å². The molecular formula is C14H12N5Y-. The molecule has 0 atom stereocenters. The second kappa shape index (κ2) is 6.24. The van der Waals surface area contributed by atoms with Gasteiger partial charge in [0.25, 0.3) is 0 Å². The van der Waals surface area contributed by atoms with Gasteiger partial charge in [-0.3, -0.25) is 10.1 Å². The van der Waals surface area contributed by atoms with Crippen molar-refractivity contribution in [1.29, 1.82) is 0 Å². The summed E-state index contributed by atoms with van der Waals surface area (Å²) in [6.45, 7) is 0. The van der Waals surface area contributed by atoms with Crippen LogP contribution in [0.15, 0.2) is 42.7 Å². The second-order valence-electron chi connectivity index (χ2n) is 4.33. The third-order valence-electron chi connectivity index (χ3n) is 3.00. The zero-order valence-electron chi connectivity index (χ0n) is 10.7. The number of rotatable bonds is 2. The van der Waals surface area contributed by atoms with Crippen molar-refractivity contribution in [3.05, 3.63) is 59.7 Å². The molecule has 0 saturated heterocycles. The number of fused-ring (bicyclic) bond motifs is 1. The van der Waals surface area contributed by atoms with Gasteiger partial charge in [0.1, 0.15) is 0 Å². The first-order valence-corrected chi connectivity index (χ1v) is 5.89. The number of nitrogens with one attached hydrogen (secondary N) is 1. The topological polar surface area (TPSA) is 88.5 Å². The van der Waals surface area contributed by atoms with Crippen LogP contribution in [0.4, 0.5) is 11.5 Å². The Morgan fingerprint density at radius 2 is 1.75 bits per heavy atom. The number of nitrogen functional groups attached to an aromatic ring is 1. The zero-order valence-corrected chi connectivity index (χ0v) is 13.6. The molecule has 5 nitrogen and oxygen atoms in total. The Bertz CT molecular complexity index is 730. The summed E-state index contributed by atoms with van der Waals surface area (Å²) in [5, 5.41) is 9.68. The molecule has 0 spiro atoms. The summed E-state index contributed by atoms with van der Waals surface area (Å²) in [5.41, 5.74) is 16.1. The fourth-order valence-corrected chi connectivity index (χ4v) is 2.05. The first-order chi connectivity index (χ1) is 9.24. The van der Waals surface area contributed by atoms with Gasteiger partial charge in [-0.2, -0.15) is 0 Å². The van der Waals surface area contributed by atoms with Gasteiger partial charge in [0.05, 0.1) is 5.69 Å². The molecule has 0 saturated carbocycles. The number of nitrogens with two attached hydrogens (primary N) is 1. The molecule has 0 bridgehead atoms. The molecule has 2 heterocycles. The molecule has 3 rings (SSSR count). The second-order valence-corrected chi connectivity index (χ2v) is 4.33. The van der Waals surface area contributed by atoms with E-state index in [0.29, 0.717) is 12.1 Å². The smallest absolute Gasteiger partial charge is 0.0517 e. The van der Waals surface area contributed by atoms with E-state index >= 15 is 0 Å². The minimum Gasteiger partial charge on any atom is -0.480 e. The van der Waals surface area contributed by atoms with Crippen molar-refractivity contribution >= 4 is 22.3 Å². The average Bonchev–Trinajstić information content (AvgIpc) is 2.43. The normalized spacial score (nSPS) is 10.2. The van der Waals surface area contributed by atoms with E-state index in [-0.39, 0.29) is 38.5 Å². The Kier molecular flexibility index (Phi) is 4.62. The van der Waals surface area contributed by atoms with Crippen LogP contribution >= 0.6 is 0 Å². The maximum atomic E-state index is 7.80. The number of benzene rings is 1. The van der Waals surface area contributed by atoms with Gasteiger partial charge in [-0.1, -0.05) is 6.07 Å². The minimum atomic E-state index is 0. The van der Waals surface area contributed by atoms with Gasteiger partial charge in [-0.15, -0.1) is 0 Å². The van der Waals surface area contributed by atoms with Crippen LogP contribution in [0.5, 0.6) is 0 Å². The molecule has 3 N–H and O–H groups in total. The van der Waals surface area contributed by atoms with Crippen molar-refractivity contribution in [2.24, 2.45) is 0 Å². The molecule has 1 radical (unpaired) electrons. The van der Waals surface area contributed by atoms with Crippen LogP contribution in [0.1, 0.15) is 11.3 Å². The van der Waals surface area contributed by atoms with Crippen molar-refractivity contribution in [3.8, 4) is 0 Å². The van der Waals surface area contributed by atoms with Crippen LogP contribution in [0.25, 0.3) is 16.5 Å². The Morgan fingerprint density at radius 3 is 2.50 bits per heavy atom. The van der Waals surface area contributed by atoms with E-state index in [0.717, 1.165) is 22.0 Å². The SMILES string of the molecule is [NH-]c1nnc(Cc2ccncc2)c2ccc(N)cc12.[Y]. The van der Waals surface area contributed by atoms with Crippen molar-refractivity contribution in [3.63, 3.8) is 0 Å². The number of hydrogen-bond donors (Lipinski definition) is 1. The van der Waals surface area contributed by atoms with Gasteiger partial charge >= 0.3 is 0 Å². The maximum absolute atomic E-state index is 7.80. The monoisotopic (exact) mass is 339 g/mol. The van der Waals surface area contributed by atoms with Gasteiger partial charge in [0.15, 0.2) is 0 Å². The van der Waals surface area contributed by atoms with Crippen LogP contribution in [0.3, 0.4) is 0 Å². The van der Waals surface area contributed by atoms with Crippen molar-refractivity contribution in [2.75, 3.05) is 5.73 Å².